The minimum absolute atomic E-state index is 0.0918. The number of hydrogen-bond acceptors (Lipinski definition) is 4. The number of piperidine rings is 1. The molecule has 6 nitrogen and oxygen atoms in total. The molecule has 2 aromatic rings. The number of amides is 1. The van der Waals surface area contributed by atoms with Crippen LogP contribution in [0.5, 0.6) is 0 Å². The SMILES string of the molecule is O=C(C1CCN(S(=O)(=O)c2ccc(Br)cc2)CC1)N1CCN(C/C=C/c2ccccc2)CC1. The maximum atomic E-state index is 13.0. The Balaban J connectivity index is 1.23. The lowest BCUT2D eigenvalue weighted by atomic mass is 9.96. The third-order valence-corrected chi connectivity index (χ3v) is 8.85. The van der Waals surface area contributed by atoms with Gasteiger partial charge in [-0.2, -0.15) is 4.31 Å². The molecule has 0 bridgehead atoms. The van der Waals surface area contributed by atoms with E-state index in [-0.39, 0.29) is 11.8 Å². The number of carbonyl (C=O) groups excluding carboxylic acids is 1. The minimum Gasteiger partial charge on any atom is -0.340 e. The normalized spacial score (nSPS) is 19.2. The van der Waals surface area contributed by atoms with Crippen LogP contribution >= 0.6 is 15.9 Å². The topological polar surface area (TPSA) is 60.9 Å². The number of nitrogens with zero attached hydrogens (tertiary/aromatic N) is 3. The molecule has 0 radical (unpaired) electrons. The van der Waals surface area contributed by atoms with Crippen LogP contribution in [0, 0.1) is 5.92 Å². The lowest BCUT2D eigenvalue weighted by Gasteiger charge is -2.38. The summed E-state index contributed by atoms with van der Waals surface area (Å²) in [4.78, 5) is 17.7. The molecular weight excluding hydrogens is 502 g/mol. The molecular formula is C25H30BrN3O3S. The molecule has 0 aliphatic carbocycles. The first-order valence-corrected chi connectivity index (χ1v) is 13.7. The van der Waals surface area contributed by atoms with E-state index < -0.39 is 10.0 Å². The number of halogens is 1. The lowest BCUT2D eigenvalue weighted by Crippen LogP contribution is -2.51. The summed E-state index contributed by atoms with van der Waals surface area (Å²) < 4.78 is 28.1. The van der Waals surface area contributed by atoms with Crippen molar-refractivity contribution in [2.24, 2.45) is 5.92 Å². The highest BCUT2D eigenvalue weighted by Gasteiger charge is 2.34. The van der Waals surface area contributed by atoms with Crippen molar-refractivity contribution in [3.8, 4) is 0 Å². The van der Waals surface area contributed by atoms with E-state index in [0.717, 1.165) is 37.2 Å². The van der Waals surface area contributed by atoms with Crippen molar-refractivity contribution >= 4 is 37.9 Å². The predicted molar refractivity (Wildman–Crippen MR) is 134 cm³/mol. The molecule has 2 fully saturated rings. The molecule has 0 N–H and O–H groups in total. The highest BCUT2D eigenvalue weighted by molar-refractivity contribution is 9.10. The second kappa shape index (κ2) is 11.0. The fraction of sp³-hybridized carbons (Fsp3) is 0.400. The van der Waals surface area contributed by atoms with Crippen LogP contribution in [0.1, 0.15) is 18.4 Å². The van der Waals surface area contributed by atoms with Crippen LogP contribution in [0.4, 0.5) is 0 Å². The van der Waals surface area contributed by atoms with Crippen LogP contribution in [-0.2, 0) is 14.8 Å². The second-order valence-electron chi connectivity index (χ2n) is 8.57. The third kappa shape index (κ3) is 6.12. The van der Waals surface area contributed by atoms with E-state index in [0.29, 0.717) is 30.8 Å². The van der Waals surface area contributed by atoms with Gasteiger partial charge in [0.15, 0.2) is 0 Å². The van der Waals surface area contributed by atoms with Gasteiger partial charge in [0.2, 0.25) is 15.9 Å². The highest BCUT2D eigenvalue weighted by Crippen LogP contribution is 2.26. The van der Waals surface area contributed by atoms with Crippen LogP contribution in [0.3, 0.4) is 0 Å². The van der Waals surface area contributed by atoms with E-state index in [2.05, 4.69) is 45.1 Å². The smallest absolute Gasteiger partial charge is 0.243 e. The molecule has 2 aliphatic heterocycles. The maximum absolute atomic E-state index is 13.0. The molecule has 2 heterocycles. The Bertz CT molecular complexity index is 1060. The highest BCUT2D eigenvalue weighted by atomic mass is 79.9. The number of piperazine rings is 1. The van der Waals surface area contributed by atoms with Gasteiger partial charge in [0.25, 0.3) is 0 Å². The van der Waals surface area contributed by atoms with Crippen molar-refractivity contribution in [1.29, 1.82) is 0 Å². The summed E-state index contributed by atoms with van der Waals surface area (Å²) in [5.74, 6) is 0.0843. The van der Waals surface area contributed by atoms with E-state index in [4.69, 9.17) is 0 Å². The first-order valence-electron chi connectivity index (χ1n) is 11.4. The van der Waals surface area contributed by atoms with Crippen molar-refractivity contribution in [1.82, 2.24) is 14.1 Å². The monoisotopic (exact) mass is 531 g/mol. The molecule has 4 rings (SSSR count). The fourth-order valence-electron chi connectivity index (χ4n) is 4.41. The predicted octanol–water partition coefficient (Wildman–Crippen LogP) is 3.71. The van der Waals surface area contributed by atoms with Crippen molar-refractivity contribution in [3.63, 3.8) is 0 Å². The molecule has 2 saturated heterocycles. The van der Waals surface area contributed by atoms with Gasteiger partial charge in [-0.15, -0.1) is 0 Å². The van der Waals surface area contributed by atoms with Gasteiger partial charge in [0.05, 0.1) is 4.90 Å². The van der Waals surface area contributed by atoms with Gasteiger partial charge in [-0.3, -0.25) is 9.69 Å². The summed E-state index contributed by atoms with van der Waals surface area (Å²) in [6.45, 7) is 4.84. The third-order valence-electron chi connectivity index (χ3n) is 6.41. The number of hydrogen-bond donors (Lipinski definition) is 0. The van der Waals surface area contributed by atoms with Crippen molar-refractivity contribution in [2.75, 3.05) is 45.8 Å². The zero-order chi connectivity index (χ0) is 23.3. The first kappa shape index (κ1) is 24.1. The Morgan fingerprint density at radius 2 is 1.55 bits per heavy atom. The van der Waals surface area contributed by atoms with Crippen LogP contribution in [0.2, 0.25) is 0 Å². The van der Waals surface area contributed by atoms with Crippen LogP contribution in [-0.4, -0.2) is 74.2 Å². The Kier molecular flexibility index (Phi) is 8.01. The molecule has 0 unspecified atom stereocenters. The summed E-state index contributed by atoms with van der Waals surface area (Å²) in [5, 5.41) is 0. The van der Waals surface area contributed by atoms with Gasteiger partial charge >= 0.3 is 0 Å². The molecule has 0 aromatic heterocycles. The minimum atomic E-state index is -3.51. The Labute approximate surface area is 205 Å². The molecule has 33 heavy (non-hydrogen) atoms. The van der Waals surface area contributed by atoms with Gasteiger partial charge in [-0.1, -0.05) is 58.4 Å². The zero-order valence-electron chi connectivity index (χ0n) is 18.6. The van der Waals surface area contributed by atoms with Gasteiger partial charge < -0.3 is 4.90 Å². The Hall–Kier alpha value is -2.00. The number of carbonyl (C=O) groups is 1. The summed E-state index contributed by atoms with van der Waals surface area (Å²) >= 11 is 3.34. The molecule has 0 atom stereocenters. The number of rotatable bonds is 6. The van der Waals surface area contributed by atoms with Gasteiger partial charge in [-0.05, 0) is 42.7 Å². The summed E-state index contributed by atoms with van der Waals surface area (Å²) in [7, 11) is -3.51. The number of sulfonamides is 1. The number of benzene rings is 2. The molecule has 176 valence electrons. The molecule has 2 aliphatic rings. The van der Waals surface area contributed by atoms with E-state index in [9.17, 15) is 13.2 Å². The summed E-state index contributed by atoms with van der Waals surface area (Å²) in [5.41, 5.74) is 1.19. The van der Waals surface area contributed by atoms with Crippen LogP contribution in [0.25, 0.3) is 6.08 Å². The van der Waals surface area contributed by atoms with Crippen LogP contribution in [0.15, 0.2) is 70.0 Å². The average Bonchev–Trinajstić information content (AvgIpc) is 2.85. The molecule has 8 heteroatoms. The zero-order valence-corrected chi connectivity index (χ0v) is 21.0. The Morgan fingerprint density at radius 1 is 0.909 bits per heavy atom. The Morgan fingerprint density at radius 3 is 2.18 bits per heavy atom. The van der Waals surface area contributed by atoms with Crippen LogP contribution < -0.4 is 0 Å². The average molecular weight is 533 g/mol. The maximum Gasteiger partial charge on any atom is 0.243 e. The molecule has 0 spiro atoms. The van der Waals surface area contributed by atoms with E-state index in [1.54, 1.807) is 24.3 Å². The quantitative estimate of drug-likeness (QED) is 0.570. The van der Waals surface area contributed by atoms with Crippen molar-refractivity contribution < 1.29 is 13.2 Å². The van der Waals surface area contributed by atoms with Gasteiger partial charge in [-0.25, -0.2) is 8.42 Å². The summed E-state index contributed by atoms with van der Waals surface area (Å²) in [6.07, 6.45) is 5.46. The lowest BCUT2D eigenvalue weighted by molar-refractivity contribution is -0.138. The standard InChI is InChI=1S/C25H30BrN3O3S/c26-23-8-10-24(11-9-23)33(31,32)29-15-12-22(13-16-29)25(30)28-19-17-27(18-20-28)14-4-7-21-5-2-1-3-6-21/h1-11,22H,12-20H2/b7-4+. The van der Waals surface area contributed by atoms with Crippen molar-refractivity contribution in [3.05, 3.63) is 70.7 Å². The van der Waals surface area contributed by atoms with Gasteiger partial charge in [0.1, 0.15) is 0 Å². The van der Waals surface area contributed by atoms with Crippen molar-refractivity contribution in [2.45, 2.75) is 17.7 Å². The van der Waals surface area contributed by atoms with E-state index >= 15 is 0 Å². The van der Waals surface area contributed by atoms with E-state index in [1.807, 2.05) is 23.1 Å². The largest absolute Gasteiger partial charge is 0.340 e. The van der Waals surface area contributed by atoms with E-state index in [1.165, 1.54) is 9.87 Å². The molecule has 2 aromatic carbocycles. The molecule has 0 saturated carbocycles. The van der Waals surface area contributed by atoms with Gasteiger partial charge in [0, 0.05) is 56.2 Å². The first-order chi connectivity index (χ1) is 15.9. The fourth-order valence-corrected chi connectivity index (χ4v) is 6.14. The molecule has 1 amide bonds. The summed E-state index contributed by atoms with van der Waals surface area (Å²) in [6, 6.07) is 17.0. The second-order valence-corrected chi connectivity index (χ2v) is 11.4.